The lowest BCUT2D eigenvalue weighted by atomic mass is 10.1. The Balaban J connectivity index is 2.18. The number of methoxy groups -OCH3 is 2. The molecule has 1 heterocycles. The zero-order valence-corrected chi connectivity index (χ0v) is 18.6. The third kappa shape index (κ3) is 5.82. The predicted octanol–water partition coefficient (Wildman–Crippen LogP) is 3.13. The van der Waals surface area contributed by atoms with Crippen LogP contribution in [0.15, 0.2) is 18.2 Å². The van der Waals surface area contributed by atoms with Crippen molar-refractivity contribution in [3.63, 3.8) is 0 Å². The predicted molar refractivity (Wildman–Crippen MR) is 113 cm³/mol. The fraction of sp³-hybridized carbons (Fsp3) is 0.333. The molecule has 1 aromatic heterocycles. The Kier molecular flexibility index (Phi) is 8.14. The summed E-state index contributed by atoms with van der Waals surface area (Å²) in [6, 6.07) is 3.98. The molecule has 1 N–H and O–H groups in total. The minimum Gasteiger partial charge on any atom is -0.484 e. The van der Waals surface area contributed by atoms with E-state index in [0.717, 1.165) is 10.4 Å². The molecule has 0 aliphatic carbocycles. The molecule has 0 unspecified atom stereocenters. The number of ether oxygens (including phenoxy) is 4. The van der Waals surface area contributed by atoms with E-state index in [2.05, 4.69) is 14.8 Å². The van der Waals surface area contributed by atoms with Crippen molar-refractivity contribution in [3.05, 3.63) is 45.3 Å². The number of rotatable bonds is 8. The molecule has 31 heavy (non-hydrogen) atoms. The van der Waals surface area contributed by atoms with Gasteiger partial charge in [-0.1, -0.05) is 0 Å². The fourth-order valence-corrected chi connectivity index (χ4v) is 3.69. The summed E-state index contributed by atoms with van der Waals surface area (Å²) < 4.78 is 19.8. The Labute approximate surface area is 183 Å². The number of esters is 3. The molecule has 10 heteroatoms. The van der Waals surface area contributed by atoms with Crippen LogP contribution < -0.4 is 10.1 Å². The van der Waals surface area contributed by atoms with E-state index in [0.29, 0.717) is 10.6 Å². The van der Waals surface area contributed by atoms with Gasteiger partial charge >= 0.3 is 17.9 Å². The largest absolute Gasteiger partial charge is 0.484 e. The molecule has 0 aliphatic rings. The first-order valence-corrected chi connectivity index (χ1v) is 10.0. The average Bonchev–Trinajstić information content (AvgIpc) is 3.03. The molecule has 1 amide bonds. The Bertz CT molecular complexity index is 977. The second-order valence-electron chi connectivity index (χ2n) is 6.27. The van der Waals surface area contributed by atoms with E-state index in [1.54, 1.807) is 13.8 Å². The van der Waals surface area contributed by atoms with Gasteiger partial charge in [-0.2, -0.15) is 0 Å². The number of amides is 1. The number of hydrogen-bond acceptors (Lipinski definition) is 9. The topological polar surface area (TPSA) is 117 Å². The van der Waals surface area contributed by atoms with Gasteiger partial charge in [-0.15, -0.1) is 11.3 Å². The average molecular weight is 449 g/mol. The Morgan fingerprint density at radius 2 is 1.52 bits per heavy atom. The molecule has 1 aromatic carbocycles. The maximum absolute atomic E-state index is 12.4. The SMILES string of the molecule is CCOC(=O)c1c(NC(=O)COc2cc(C(=O)OC)cc(C(=O)OC)c2)sc(C)c1C. The van der Waals surface area contributed by atoms with Gasteiger partial charge < -0.3 is 24.3 Å². The maximum atomic E-state index is 12.4. The standard InChI is InChI=1S/C21H23NO8S/c1-6-29-21(26)17-11(2)12(3)31-18(17)22-16(23)10-30-15-8-13(19(24)27-4)7-14(9-15)20(25)28-5/h7-9H,6,10H2,1-5H3,(H,22,23). The summed E-state index contributed by atoms with van der Waals surface area (Å²) in [5.41, 5.74) is 1.16. The van der Waals surface area contributed by atoms with Gasteiger partial charge in [0.05, 0.1) is 37.5 Å². The third-order valence-corrected chi connectivity index (χ3v) is 5.36. The van der Waals surface area contributed by atoms with Gasteiger partial charge in [0, 0.05) is 4.88 Å². The lowest BCUT2D eigenvalue weighted by molar-refractivity contribution is -0.118. The van der Waals surface area contributed by atoms with Crippen LogP contribution in [0.4, 0.5) is 5.00 Å². The zero-order chi connectivity index (χ0) is 23.1. The number of carbonyl (C=O) groups excluding carboxylic acids is 4. The highest BCUT2D eigenvalue weighted by Crippen LogP contribution is 2.33. The molecule has 0 spiro atoms. The molecule has 0 bridgehead atoms. The normalized spacial score (nSPS) is 10.2. The van der Waals surface area contributed by atoms with Crippen molar-refractivity contribution in [3.8, 4) is 5.75 Å². The molecule has 0 aliphatic heterocycles. The quantitative estimate of drug-likeness (QED) is 0.483. The van der Waals surface area contributed by atoms with Crippen molar-refractivity contribution in [2.24, 2.45) is 0 Å². The Hall–Kier alpha value is -3.40. The van der Waals surface area contributed by atoms with Crippen molar-refractivity contribution in [2.75, 3.05) is 32.8 Å². The summed E-state index contributed by atoms with van der Waals surface area (Å²) in [6.07, 6.45) is 0. The van der Waals surface area contributed by atoms with Crippen LogP contribution in [0.25, 0.3) is 0 Å². The smallest absolute Gasteiger partial charge is 0.341 e. The molecule has 2 aromatic rings. The van der Waals surface area contributed by atoms with Crippen LogP contribution in [0.2, 0.25) is 0 Å². The van der Waals surface area contributed by atoms with E-state index >= 15 is 0 Å². The van der Waals surface area contributed by atoms with Crippen LogP contribution in [-0.2, 0) is 19.0 Å². The third-order valence-electron chi connectivity index (χ3n) is 4.24. The first kappa shape index (κ1) is 23.9. The molecule has 0 atom stereocenters. The summed E-state index contributed by atoms with van der Waals surface area (Å²) in [4.78, 5) is 49.2. The number of nitrogens with one attached hydrogen (secondary N) is 1. The van der Waals surface area contributed by atoms with E-state index in [4.69, 9.17) is 9.47 Å². The van der Waals surface area contributed by atoms with Crippen molar-refractivity contribution in [2.45, 2.75) is 20.8 Å². The molecule has 166 valence electrons. The summed E-state index contributed by atoms with van der Waals surface area (Å²) in [5.74, 6) is -2.31. The molecule has 2 rings (SSSR count). The molecule has 0 radical (unpaired) electrons. The maximum Gasteiger partial charge on any atom is 0.341 e. The number of aryl methyl sites for hydroxylation is 1. The van der Waals surface area contributed by atoms with Gasteiger partial charge in [-0.25, -0.2) is 14.4 Å². The summed E-state index contributed by atoms with van der Waals surface area (Å²) in [5, 5.41) is 3.01. The monoisotopic (exact) mass is 449 g/mol. The lowest BCUT2D eigenvalue weighted by Gasteiger charge is -2.11. The highest BCUT2D eigenvalue weighted by Gasteiger charge is 2.22. The van der Waals surface area contributed by atoms with E-state index < -0.39 is 30.4 Å². The highest BCUT2D eigenvalue weighted by atomic mass is 32.1. The van der Waals surface area contributed by atoms with E-state index in [9.17, 15) is 19.2 Å². The number of anilines is 1. The summed E-state index contributed by atoms with van der Waals surface area (Å²) in [6.45, 7) is 5.09. The van der Waals surface area contributed by atoms with Crippen molar-refractivity contribution in [1.82, 2.24) is 0 Å². The van der Waals surface area contributed by atoms with Crippen LogP contribution in [0, 0.1) is 13.8 Å². The highest BCUT2D eigenvalue weighted by molar-refractivity contribution is 7.16. The van der Waals surface area contributed by atoms with Crippen LogP contribution >= 0.6 is 11.3 Å². The molecular weight excluding hydrogens is 426 g/mol. The first-order chi connectivity index (χ1) is 14.7. The van der Waals surface area contributed by atoms with E-state index in [1.807, 2.05) is 6.92 Å². The van der Waals surface area contributed by atoms with Crippen LogP contribution in [0.5, 0.6) is 5.75 Å². The Morgan fingerprint density at radius 3 is 2.03 bits per heavy atom. The second kappa shape index (κ2) is 10.6. The molecular formula is C21H23NO8S. The van der Waals surface area contributed by atoms with Gasteiger partial charge in [0.1, 0.15) is 10.8 Å². The van der Waals surface area contributed by atoms with Gasteiger partial charge in [-0.3, -0.25) is 4.79 Å². The number of carbonyl (C=O) groups is 4. The van der Waals surface area contributed by atoms with Gasteiger partial charge in [0.2, 0.25) is 0 Å². The lowest BCUT2D eigenvalue weighted by Crippen LogP contribution is -2.21. The zero-order valence-electron chi connectivity index (χ0n) is 17.8. The van der Waals surface area contributed by atoms with Crippen LogP contribution in [0.1, 0.15) is 48.4 Å². The summed E-state index contributed by atoms with van der Waals surface area (Å²) in [7, 11) is 2.40. The van der Waals surface area contributed by atoms with Crippen LogP contribution in [-0.4, -0.2) is 51.2 Å². The van der Waals surface area contributed by atoms with Crippen molar-refractivity contribution >= 4 is 40.2 Å². The molecule has 9 nitrogen and oxygen atoms in total. The minimum atomic E-state index is -0.677. The number of hydrogen-bond donors (Lipinski definition) is 1. The fourth-order valence-electron chi connectivity index (χ4n) is 2.63. The molecule has 0 saturated heterocycles. The first-order valence-electron chi connectivity index (χ1n) is 9.23. The van der Waals surface area contributed by atoms with Gasteiger partial charge in [-0.05, 0) is 44.5 Å². The van der Waals surface area contributed by atoms with Crippen molar-refractivity contribution in [1.29, 1.82) is 0 Å². The van der Waals surface area contributed by atoms with Gasteiger partial charge in [0.15, 0.2) is 6.61 Å². The second-order valence-corrected chi connectivity index (χ2v) is 7.50. The molecule has 0 fully saturated rings. The summed E-state index contributed by atoms with van der Waals surface area (Å²) >= 11 is 1.25. The van der Waals surface area contributed by atoms with E-state index in [-0.39, 0.29) is 23.5 Å². The minimum absolute atomic E-state index is 0.0647. The van der Waals surface area contributed by atoms with Crippen molar-refractivity contribution < 1.29 is 38.1 Å². The van der Waals surface area contributed by atoms with Crippen LogP contribution in [0.3, 0.4) is 0 Å². The van der Waals surface area contributed by atoms with Gasteiger partial charge in [0.25, 0.3) is 5.91 Å². The Morgan fingerprint density at radius 1 is 0.935 bits per heavy atom. The van der Waals surface area contributed by atoms with E-state index in [1.165, 1.54) is 43.8 Å². The number of benzene rings is 1. The number of thiophene rings is 1. The molecule has 0 saturated carbocycles.